The number of nitrogens with two attached hydrogens (primary N) is 1. The number of carbonyl (C=O) groups is 8. The Labute approximate surface area is 647 Å². The molecule has 6 amide bonds. The number of amides is 6. The molecule has 2 atom stereocenters. The van der Waals surface area contributed by atoms with Crippen molar-refractivity contribution in [3.63, 3.8) is 0 Å². The molecular weight excluding hydrogens is 1490 g/mol. The van der Waals surface area contributed by atoms with Crippen molar-refractivity contribution in [2.45, 2.75) is 156 Å². The topological polar surface area (TPSA) is 346 Å². The van der Waals surface area contributed by atoms with E-state index in [4.69, 9.17) is 57.2 Å². The van der Waals surface area contributed by atoms with Crippen LogP contribution in [0.25, 0.3) is 0 Å². The van der Waals surface area contributed by atoms with Gasteiger partial charge in [0.2, 0.25) is 23.7 Å². The largest absolute Gasteiger partial charge is 0.481 e. The highest BCUT2D eigenvalue weighted by Crippen LogP contribution is 2.51. The number of aryl methyl sites for hydroxylation is 1. The highest BCUT2D eigenvalue weighted by Gasteiger charge is 2.60. The predicted octanol–water partition coefficient (Wildman–Crippen LogP) is 12.0. The molecule has 7 N–H and O–H groups in total. The second kappa shape index (κ2) is 29.8. The van der Waals surface area contributed by atoms with Gasteiger partial charge < -0.3 is 32.1 Å². The number of nitriles is 2. The first-order chi connectivity index (χ1) is 50.2. The molecule has 24 nitrogen and oxygen atoms in total. The van der Waals surface area contributed by atoms with Gasteiger partial charge in [0.1, 0.15) is 39.3 Å². The van der Waals surface area contributed by atoms with Gasteiger partial charge in [0.15, 0.2) is 0 Å². The summed E-state index contributed by atoms with van der Waals surface area (Å²) >= 11 is 25.3. The summed E-state index contributed by atoms with van der Waals surface area (Å²) in [5, 5.41) is 40.3. The van der Waals surface area contributed by atoms with Crippen molar-refractivity contribution in [3.05, 3.63) is 210 Å². The van der Waals surface area contributed by atoms with Crippen LogP contribution in [0, 0.1) is 34.5 Å². The smallest absolute Gasteiger partial charge is 0.306 e. The van der Waals surface area contributed by atoms with E-state index in [0.29, 0.717) is 93.4 Å². The van der Waals surface area contributed by atoms with E-state index in [1.165, 1.54) is 22.2 Å². The minimum Gasteiger partial charge on any atom is -0.481 e. The second-order valence-corrected chi connectivity index (χ2v) is 30.7. The molecule has 30 heteroatoms. The van der Waals surface area contributed by atoms with Crippen LogP contribution in [0.4, 0.5) is 23.3 Å². The van der Waals surface area contributed by atoms with E-state index in [9.17, 15) is 48.9 Å². The van der Waals surface area contributed by atoms with Gasteiger partial charge in [-0.05, 0) is 205 Å². The Morgan fingerprint density at radius 3 is 1.24 bits per heavy atom. The Morgan fingerprint density at radius 2 is 0.907 bits per heavy atom. The fourth-order valence-electron chi connectivity index (χ4n) is 13.9. The van der Waals surface area contributed by atoms with Gasteiger partial charge in [-0.1, -0.05) is 70.7 Å². The SMILES string of the molecule is C[C@@]1(Cc2ccc(C#N)cc2)C(=O)N(c2cc(Cl)cc(Cl)c2)c2ncc(C(=O)NC3(C(=O)NC4(c5cc(CCC(=O)C6CC6)ccn5)CC4)CC3)n21.C[C@@]1(Cc2ccc(C#N)cc2)C(=O)N(c2cc(Cl)cc(Cl)c2)c2ncc(C(=O)NC3(C(=O)NC4(c5cc(CN)ccn5)CC4)CC3)n21.Cl.Cl.O=C(O)C1CC1. The monoisotopic (exact) mass is 1560 g/mol. The third-order valence-corrected chi connectivity index (χ3v) is 21.8. The van der Waals surface area contributed by atoms with Crippen molar-refractivity contribution >= 4 is 142 Å². The summed E-state index contributed by atoms with van der Waals surface area (Å²) in [6.45, 7) is 3.84. The number of nitrogens with one attached hydrogen (secondary N) is 4. The Bertz CT molecular complexity index is 4970. The highest BCUT2D eigenvalue weighted by molar-refractivity contribution is 6.36. The summed E-state index contributed by atoms with van der Waals surface area (Å²) in [5.74, 6) is -2.00. The lowest BCUT2D eigenvalue weighted by Gasteiger charge is -2.27. The molecule has 0 saturated heterocycles. The van der Waals surface area contributed by atoms with Crippen LogP contribution in [0.15, 0.2) is 134 Å². The maximum Gasteiger partial charge on any atom is 0.306 e. The van der Waals surface area contributed by atoms with Crippen LogP contribution in [-0.4, -0.2) is 92.5 Å². The number of hydrogen-bond acceptors (Lipinski definition) is 15. The van der Waals surface area contributed by atoms with Crippen molar-refractivity contribution in [1.29, 1.82) is 10.5 Å². The Balaban J connectivity index is 0.000000183. The molecule has 6 fully saturated rings. The van der Waals surface area contributed by atoms with Crippen LogP contribution in [0.1, 0.15) is 163 Å². The lowest BCUT2D eigenvalue weighted by Crippen LogP contribution is -2.52. The number of halogens is 6. The molecule has 6 aliphatic carbocycles. The predicted molar refractivity (Wildman–Crippen MR) is 403 cm³/mol. The van der Waals surface area contributed by atoms with E-state index in [2.05, 4.69) is 53.3 Å². The fraction of sp³-hybridized carbons (Fsp3) is 0.351. The zero-order valence-electron chi connectivity index (χ0n) is 58.0. The molecule has 0 unspecified atom stereocenters. The van der Waals surface area contributed by atoms with Gasteiger partial charge >= 0.3 is 5.97 Å². The van der Waals surface area contributed by atoms with Crippen LogP contribution in [0.3, 0.4) is 0 Å². The molecule has 0 bridgehead atoms. The van der Waals surface area contributed by atoms with Crippen LogP contribution in [0.2, 0.25) is 20.1 Å². The number of carboxylic acid groups (broad SMARTS) is 1. The number of hydrogen-bond donors (Lipinski definition) is 6. The van der Waals surface area contributed by atoms with Crippen molar-refractivity contribution in [2.75, 3.05) is 9.80 Å². The van der Waals surface area contributed by atoms with Gasteiger partial charge in [-0.2, -0.15) is 10.5 Å². The summed E-state index contributed by atoms with van der Waals surface area (Å²) in [5.41, 5.74) is 6.73. The summed E-state index contributed by atoms with van der Waals surface area (Å²) in [4.78, 5) is 128. The van der Waals surface area contributed by atoms with Gasteiger partial charge in [0.05, 0.1) is 75.4 Å². The Kier molecular flexibility index (Phi) is 21.4. The minimum atomic E-state index is -1.32. The standard InChI is InChI=1S/C39H35Cl2N7O4.C34H30Cl2N8O3.C4H6O2.2ClH/c1-37(20-24-2-4-25(21-42)5-3-24)35(52)47(29-18-27(40)17-28(41)19-29)36-44-22-30(48(36)37)33(50)45-39(13-14-39)34(51)46-38(11-12-38)32-16-23(10-15-43-32)6-9-31(49)26-7-8-26;1-32(16-20-2-4-21(17-37)5-3-20)30(47)43(25-14-23(35)13-24(36)15-25)31-40-19-26(44(31)32)28(45)41-34(9-10-34)29(46)42-33(7-8-33)27-12-22(18-38)6-11-39-27;5-4(6)3-1-2-3;;/h2-5,10,15-19,22,26H,6-9,11-14,20H2,1H3,(H,45,50)(H,46,51);2-6,11-15,19H,7-10,16,18,38H2,1H3,(H,41,45)(H,42,46);3H,1-2H2,(H,5,6);2*1H/t37-;32-;;;/m11.../s1. The minimum absolute atomic E-state index is 0. The quantitative estimate of drug-likeness (QED) is 0.0367. The number of carbonyl (C=O) groups excluding carboxylic acids is 7. The van der Waals surface area contributed by atoms with Crippen molar-refractivity contribution in [2.24, 2.45) is 17.6 Å². The van der Waals surface area contributed by atoms with E-state index < -0.39 is 51.0 Å². The summed E-state index contributed by atoms with van der Waals surface area (Å²) < 4.78 is 3.22. The summed E-state index contributed by atoms with van der Waals surface area (Å²) in [7, 11) is 0. The van der Waals surface area contributed by atoms with Crippen molar-refractivity contribution in [1.82, 2.24) is 50.3 Å². The van der Waals surface area contributed by atoms with Crippen LogP contribution in [0.5, 0.6) is 0 Å². The average molecular weight is 1570 g/mol. The number of benzene rings is 4. The van der Waals surface area contributed by atoms with Gasteiger partial charge in [-0.25, -0.2) is 19.8 Å². The Hall–Kier alpha value is -9.76. The van der Waals surface area contributed by atoms with Crippen LogP contribution in [-0.2, 0) is 76.7 Å². The van der Waals surface area contributed by atoms with E-state index >= 15 is 0 Å². The number of anilines is 4. The van der Waals surface area contributed by atoms with Crippen LogP contribution < -0.4 is 36.8 Å². The van der Waals surface area contributed by atoms with Gasteiger partial charge in [-0.15, -0.1) is 24.8 Å². The van der Waals surface area contributed by atoms with Gasteiger partial charge in [0.25, 0.3) is 23.6 Å². The first-order valence-corrected chi connectivity index (χ1v) is 36.2. The first-order valence-electron chi connectivity index (χ1n) is 34.7. The number of Topliss-reactive ketones (excluding diaryl/α,β-unsaturated/α-hetero) is 1. The maximum absolute atomic E-state index is 14.4. The molecule has 6 saturated carbocycles. The number of aromatic nitrogens is 6. The fourth-order valence-corrected chi connectivity index (χ4v) is 14.9. The highest BCUT2D eigenvalue weighted by atomic mass is 35.5. The zero-order valence-corrected chi connectivity index (χ0v) is 62.6. The molecular formula is C77H73Cl6N15O9. The van der Waals surface area contributed by atoms with E-state index in [1.54, 1.807) is 120 Å². The molecule has 4 aromatic carbocycles. The van der Waals surface area contributed by atoms with E-state index in [1.807, 2.05) is 24.3 Å². The average Bonchev–Trinajstić information content (AvgIpc) is 1.55. The normalized spacial score (nSPS) is 19.9. The molecule has 4 aromatic heterocycles. The molecule has 107 heavy (non-hydrogen) atoms. The molecule has 552 valence electrons. The van der Waals surface area contributed by atoms with Gasteiger partial charge in [0, 0.05) is 64.2 Å². The molecule has 8 aromatic rings. The molecule has 6 heterocycles. The number of pyridine rings is 2. The second-order valence-electron chi connectivity index (χ2n) is 28.9. The van der Waals surface area contributed by atoms with E-state index in [-0.39, 0.29) is 96.4 Å². The van der Waals surface area contributed by atoms with Gasteiger partial charge in [-0.3, -0.25) is 57.5 Å². The van der Waals surface area contributed by atoms with Crippen molar-refractivity contribution in [3.8, 4) is 12.1 Å². The number of rotatable bonds is 22. The molecule has 16 rings (SSSR count). The number of fused-ring (bicyclic) bond motifs is 2. The number of carboxylic acids is 1. The maximum atomic E-state index is 14.4. The third-order valence-electron chi connectivity index (χ3n) is 20.9. The van der Waals surface area contributed by atoms with Crippen molar-refractivity contribution < 1.29 is 43.5 Å². The number of imidazole rings is 2. The zero-order chi connectivity index (χ0) is 74.1. The number of nitrogens with zero attached hydrogens (tertiary/aromatic N) is 10. The Morgan fingerprint density at radius 1 is 0.523 bits per heavy atom. The third kappa shape index (κ3) is 15.4. The first kappa shape index (κ1) is 76.9. The molecule has 8 aliphatic rings. The molecule has 2 aliphatic heterocycles. The van der Waals surface area contributed by atoms with Crippen LogP contribution >= 0.6 is 71.2 Å². The molecule has 0 spiro atoms. The summed E-state index contributed by atoms with van der Waals surface area (Å²) in [6, 6.07) is 35.2. The molecule has 0 radical (unpaired) electrons. The lowest BCUT2D eigenvalue weighted by atomic mass is 9.91. The summed E-state index contributed by atoms with van der Waals surface area (Å²) in [6.07, 6.45) is 16.3. The number of aliphatic carboxylic acids is 1. The number of ketones is 1. The van der Waals surface area contributed by atoms with E-state index in [0.717, 1.165) is 85.0 Å². The lowest BCUT2D eigenvalue weighted by molar-refractivity contribution is -0.138.